The van der Waals surface area contributed by atoms with Crippen LogP contribution in [0.5, 0.6) is 5.75 Å². The van der Waals surface area contributed by atoms with Gasteiger partial charge in [-0.15, -0.1) is 0 Å². The van der Waals surface area contributed by atoms with Crippen LogP contribution in [0, 0.1) is 0 Å². The second kappa shape index (κ2) is 6.10. The fourth-order valence-corrected chi connectivity index (χ4v) is 2.75. The minimum atomic E-state index is -3.85. The quantitative estimate of drug-likeness (QED) is 0.940. The van der Waals surface area contributed by atoms with Gasteiger partial charge in [0, 0.05) is 0 Å². The van der Waals surface area contributed by atoms with Crippen molar-refractivity contribution in [1.82, 2.24) is 0 Å². The van der Waals surface area contributed by atoms with E-state index >= 15 is 0 Å². The number of sulfonamides is 1. The normalized spacial score (nSPS) is 12.2. The molecule has 0 aliphatic heterocycles. The number of primary sulfonamides is 1. The zero-order valence-corrected chi connectivity index (χ0v) is 13.9. The summed E-state index contributed by atoms with van der Waals surface area (Å²) in [6, 6.07) is 14.7. The van der Waals surface area contributed by atoms with Crippen LogP contribution >= 0.6 is 0 Å². The molecule has 0 bridgehead atoms. The van der Waals surface area contributed by atoms with E-state index in [4.69, 9.17) is 9.88 Å². The van der Waals surface area contributed by atoms with Crippen molar-refractivity contribution < 1.29 is 13.2 Å². The third-order valence-corrected chi connectivity index (χ3v) is 4.29. The lowest BCUT2D eigenvalue weighted by molar-refractivity contribution is 0.297. The van der Waals surface area contributed by atoms with E-state index in [2.05, 4.69) is 0 Å². The highest BCUT2D eigenvalue weighted by molar-refractivity contribution is 7.89. The summed E-state index contributed by atoms with van der Waals surface area (Å²) in [4.78, 5) is 0.0239. The highest BCUT2D eigenvalue weighted by Gasteiger charge is 2.21. The molecule has 0 saturated carbocycles. The lowest BCUT2D eigenvalue weighted by Crippen LogP contribution is -2.17. The summed E-state index contributed by atoms with van der Waals surface area (Å²) in [5, 5.41) is 5.33. The third kappa shape index (κ3) is 4.08. The maximum atomic E-state index is 11.8. The van der Waals surface area contributed by atoms with Gasteiger partial charge in [-0.1, -0.05) is 57.2 Å². The summed E-state index contributed by atoms with van der Waals surface area (Å²) >= 11 is 0. The lowest BCUT2D eigenvalue weighted by atomic mass is 9.87. The molecule has 2 aromatic carbocycles. The fourth-order valence-electron chi connectivity index (χ4n) is 2.05. The Morgan fingerprint density at radius 3 is 2.23 bits per heavy atom. The Kier molecular flexibility index (Phi) is 4.58. The Morgan fingerprint density at radius 1 is 1.05 bits per heavy atom. The van der Waals surface area contributed by atoms with Crippen LogP contribution in [0.4, 0.5) is 0 Å². The van der Waals surface area contributed by atoms with Crippen molar-refractivity contribution in [1.29, 1.82) is 0 Å². The van der Waals surface area contributed by atoms with E-state index in [9.17, 15) is 8.42 Å². The van der Waals surface area contributed by atoms with Gasteiger partial charge in [0.2, 0.25) is 10.0 Å². The summed E-state index contributed by atoms with van der Waals surface area (Å²) in [5.41, 5.74) is 1.68. The van der Waals surface area contributed by atoms with Crippen molar-refractivity contribution in [2.24, 2.45) is 5.14 Å². The van der Waals surface area contributed by atoms with Gasteiger partial charge < -0.3 is 4.74 Å². The second-order valence-electron chi connectivity index (χ2n) is 6.23. The maximum absolute atomic E-state index is 11.8. The second-order valence-corrected chi connectivity index (χ2v) is 7.76. The maximum Gasteiger partial charge on any atom is 0.241 e. The monoisotopic (exact) mass is 319 g/mol. The Morgan fingerprint density at radius 2 is 1.68 bits per heavy atom. The summed E-state index contributed by atoms with van der Waals surface area (Å²) in [5.74, 6) is 0.277. The van der Waals surface area contributed by atoms with Gasteiger partial charge >= 0.3 is 0 Å². The van der Waals surface area contributed by atoms with Crippen LogP contribution in [-0.4, -0.2) is 8.42 Å². The van der Waals surface area contributed by atoms with Crippen LogP contribution < -0.4 is 9.88 Å². The number of hydrogen-bond donors (Lipinski definition) is 1. The summed E-state index contributed by atoms with van der Waals surface area (Å²) in [7, 11) is -3.85. The highest BCUT2D eigenvalue weighted by atomic mass is 32.2. The van der Waals surface area contributed by atoms with Crippen molar-refractivity contribution in [2.75, 3.05) is 0 Å². The SMILES string of the molecule is CC(C)(C)c1ccc(OCc2ccccc2)c(S(N)(=O)=O)c1. The van der Waals surface area contributed by atoms with Gasteiger partial charge in [0.1, 0.15) is 17.3 Å². The number of nitrogens with two attached hydrogens (primary N) is 1. The Balaban J connectivity index is 2.35. The molecule has 0 fully saturated rings. The molecule has 0 saturated heterocycles. The molecule has 0 aromatic heterocycles. The van der Waals surface area contributed by atoms with Crippen molar-refractivity contribution >= 4 is 10.0 Å². The molecule has 22 heavy (non-hydrogen) atoms. The molecule has 4 nitrogen and oxygen atoms in total. The molecule has 2 rings (SSSR count). The zero-order valence-electron chi connectivity index (χ0n) is 13.0. The van der Waals surface area contributed by atoms with E-state index < -0.39 is 10.0 Å². The van der Waals surface area contributed by atoms with Gasteiger partial charge in [-0.25, -0.2) is 13.6 Å². The van der Waals surface area contributed by atoms with Crippen LogP contribution in [0.3, 0.4) is 0 Å². The van der Waals surface area contributed by atoms with Crippen molar-refractivity contribution in [3.05, 3.63) is 59.7 Å². The van der Waals surface area contributed by atoms with E-state index in [0.717, 1.165) is 11.1 Å². The van der Waals surface area contributed by atoms with Crippen LogP contribution in [-0.2, 0) is 22.0 Å². The summed E-state index contributed by atoms with van der Waals surface area (Å²) in [6.45, 7) is 6.33. The molecule has 0 aliphatic carbocycles. The molecule has 0 atom stereocenters. The molecule has 0 radical (unpaired) electrons. The third-order valence-electron chi connectivity index (χ3n) is 3.35. The summed E-state index contributed by atoms with van der Waals surface area (Å²) in [6.07, 6.45) is 0. The topological polar surface area (TPSA) is 69.4 Å². The zero-order chi connectivity index (χ0) is 16.4. The molecular weight excluding hydrogens is 298 g/mol. The smallest absolute Gasteiger partial charge is 0.241 e. The number of hydrogen-bond acceptors (Lipinski definition) is 3. The van der Waals surface area contributed by atoms with Crippen molar-refractivity contribution in [3.8, 4) is 5.75 Å². The Hall–Kier alpha value is -1.85. The highest BCUT2D eigenvalue weighted by Crippen LogP contribution is 2.30. The van der Waals surface area contributed by atoms with E-state index in [-0.39, 0.29) is 22.7 Å². The first kappa shape index (κ1) is 16.5. The molecule has 0 spiro atoms. The van der Waals surface area contributed by atoms with Gasteiger partial charge in [0.15, 0.2) is 0 Å². The van der Waals surface area contributed by atoms with Gasteiger partial charge in [0.25, 0.3) is 0 Å². The molecule has 0 heterocycles. The van der Waals surface area contributed by atoms with Crippen molar-refractivity contribution in [3.63, 3.8) is 0 Å². The average Bonchev–Trinajstić information content (AvgIpc) is 2.44. The number of ether oxygens (including phenoxy) is 1. The van der Waals surface area contributed by atoms with Crippen LogP contribution in [0.15, 0.2) is 53.4 Å². The number of benzene rings is 2. The summed E-state index contributed by atoms with van der Waals surface area (Å²) < 4.78 is 29.3. The molecule has 2 N–H and O–H groups in total. The minimum absolute atomic E-state index is 0.0239. The Labute approximate surface area is 132 Å². The average molecular weight is 319 g/mol. The molecular formula is C17H21NO3S. The van der Waals surface area contributed by atoms with Gasteiger partial charge in [0.05, 0.1) is 0 Å². The molecule has 5 heteroatoms. The van der Waals surface area contributed by atoms with E-state index in [1.807, 2.05) is 57.2 Å². The minimum Gasteiger partial charge on any atom is -0.487 e. The van der Waals surface area contributed by atoms with Gasteiger partial charge in [-0.05, 0) is 28.7 Å². The standard InChI is InChI=1S/C17H21NO3S/c1-17(2,3)14-9-10-15(16(11-14)22(18,19)20)21-12-13-7-5-4-6-8-13/h4-11H,12H2,1-3H3,(H2,18,19,20). The van der Waals surface area contributed by atoms with Crippen molar-refractivity contribution in [2.45, 2.75) is 37.7 Å². The molecule has 2 aromatic rings. The lowest BCUT2D eigenvalue weighted by Gasteiger charge is -2.21. The molecule has 118 valence electrons. The van der Waals surface area contributed by atoms with Gasteiger partial charge in [-0.3, -0.25) is 0 Å². The van der Waals surface area contributed by atoms with E-state index in [0.29, 0.717) is 0 Å². The predicted molar refractivity (Wildman–Crippen MR) is 87.3 cm³/mol. The number of rotatable bonds is 4. The molecule has 0 aliphatic rings. The first-order valence-electron chi connectivity index (χ1n) is 7.02. The van der Waals surface area contributed by atoms with Crippen LogP contribution in [0.2, 0.25) is 0 Å². The first-order valence-corrected chi connectivity index (χ1v) is 8.56. The largest absolute Gasteiger partial charge is 0.487 e. The van der Waals surface area contributed by atoms with E-state index in [1.54, 1.807) is 12.1 Å². The van der Waals surface area contributed by atoms with Gasteiger partial charge in [-0.2, -0.15) is 0 Å². The van der Waals surface area contributed by atoms with Crippen LogP contribution in [0.1, 0.15) is 31.9 Å². The van der Waals surface area contributed by atoms with E-state index in [1.165, 1.54) is 0 Å². The molecule has 0 unspecified atom stereocenters. The predicted octanol–water partition coefficient (Wildman–Crippen LogP) is 3.21. The molecule has 0 amide bonds. The first-order chi connectivity index (χ1) is 10.2. The van der Waals surface area contributed by atoms with Crippen LogP contribution in [0.25, 0.3) is 0 Å². The Bertz CT molecular complexity index is 747. The fraction of sp³-hybridized carbons (Fsp3) is 0.294.